The maximum Gasteiger partial charge on any atom is 0.261 e. The first-order valence-corrected chi connectivity index (χ1v) is 12.3. The van der Waals surface area contributed by atoms with E-state index < -0.39 is 0 Å². The first-order valence-electron chi connectivity index (χ1n) is 11.4. The summed E-state index contributed by atoms with van der Waals surface area (Å²) in [5, 5.41) is 2.46. The quantitative estimate of drug-likeness (QED) is 0.235. The Morgan fingerprint density at radius 1 is 0.892 bits per heavy atom. The molecule has 9 heteroatoms. The number of nitrogens with zero attached hydrogens (tertiary/aromatic N) is 2. The zero-order chi connectivity index (χ0) is 25.9. The van der Waals surface area contributed by atoms with Gasteiger partial charge in [-0.05, 0) is 24.3 Å². The monoisotopic (exact) mass is 514 g/mol. The molecule has 0 aliphatic carbocycles. The summed E-state index contributed by atoms with van der Waals surface area (Å²) < 4.78 is 16.9. The minimum atomic E-state index is -0.359. The fourth-order valence-corrected chi connectivity index (χ4v) is 4.88. The minimum Gasteiger partial charge on any atom is -0.493 e. The number of hydrogen-bond donors (Lipinski definition) is 0. The third kappa shape index (κ3) is 4.56. The van der Waals surface area contributed by atoms with Crippen LogP contribution in [-0.4, -0.2) is 54.9 Å². The highest BCUT2D eigenvalue weighted by molar-refractivity contribution is 7.13. The number of carbonyl (C=O) groups excluding carboxylic acids is 3. The van der Waals surface area contributed by atoms with E-state index >= 15 is 0 Å². The number of methoxy groups -OCH3 is 2. The zero-order valence-electron chi connectivity index (χ0n) is 20.1. The second-order valence-corrected chi connectivity index (χ2v) is 8.96. The summed E-state index contributed by atoms with van der Waals surface area (Å²) in [5.41, 5.74) is 2.33. The fourth-order valence-electron chi connectivity index (χ4n) is 4.07. The van der Waals surface area contributed by atoms with Gasteiger partial charge in [0.1, 0.15) is 17.3 Å². The highest BCUT2D eigenvalue weighted by Gasteiger charge is 2.35. The molecule has 0 saturated carbocycles. The molecule has 2 amide bonds. The van der Waals surface area contributed by atoms with Crippen LogP contribution in [0.15, 0.2) is 72.1 Å². The molecule has 0 atom stereocenters. The first kappa shape index (κ1) is 24.2. The number of aromatic nitrogens is 1. The Labute approximate surface area is 217 Å². The standard InChI is InChI=1S/C28H22N2O6S/c1-34-22-14-18(24(31)21-16-37-26(29-21)17-8-4-3-5-9-17)15-23(35-2)25(22)36-13-12-30-27(32)19-10-6-7-11-20(19)28(30)33/h3-11,14-16H,12-13H2,1-2H3. The summed E-state index contributed by atoms with van der Waals surface area (Å²) in [6, 6.07) is 19.4. The number of thiazole rings is 1. The molecular weight excluding hydrogens is 492 g/mol. The van der Waals surface area contributed by atoms with E-state index in [1.165, 1.54) is 25.6 Å². The molecule has 2 heterocycles. The van der Waals surface area contributed by atoms with Crippen LogP contribution in [0.25, 0.3) is 10.6 Å². The van der Waals surface area contributed by atoms with Gasteiger partial charge in [-0.2, -0.15) is 0 Å². The van der Waals surface area contributed by atoms with Gasteiger partial charge >= 0.3 is 0 Å². The molecular formula is C28H22N2O6S. The van der Waals surface area contributed by atoms with Crippen LogP contribution in [-0.2, 0) is 0 Å². The van der Waals surface area contributed by atoms with Crippen LogP contribution in [0.2, 0.25) is 0 Å². The molecule has 5 rings (SSSR count). The average Bonchev–Trinajstić information content (AvgIpc) is 3.53. The van der Waals surface area contributed by atoms with E-state index in [0.29, 0.717) is 22.4 Å². The molecule has 0 spiro atoms. The van der Waals surface area contributed by atoms with Crippen molar-refractivity contribution in [1.82, 2.24) is 9.88 Å². The number of carbonyl (C=O) groups is 3. The molecule has 0 saturated heterocycles. The van der Waals surface area contributed by atoms with Crippen molar-refractivity contribution in [2.45, 2.75) is 0 Å². The lowest BCUT2D eigenvalue weighted by Crippen LogP contribution is -2.33. The van der Waals surface area contributed by atoms with Crippen molar-refractivity contribution in [3.8, 4) is 27.8 Å². The Morgan fingerprint density at radius 2 is 1.49 bits per heavy atom. The maximum atomic E-state index is 13.2. The predicted octanol–water partition coefficient (Wildman–Crippen LogP) is 4.73. The summed E-state index contributed by atoms with van der Waals surface area (Å²) in [4.78, 5) is 44.1. The lowest BCUT2D eigenvalue weighted by molar-refractivity contribution is 0.0630. The molecule has 8 nitrogen and oxygen atoms in total. The van der Waals surface area contributed by atoms with E-state index in [0.717, 1.165) is 15.5 Å². The predicted molar refractivity (Wildman–Crippen MR) is 138 cm³/mol. The van der Waals surface area contributed by atoms with Gasteiger partial charge < -0.3 is 14.2 Å². The SMILES string of the molecule is COc1cc(C(=O)c2csc(-c3ccccc3)n2)cc(OC)c1OCCN1C(=O)c2ccccc2C1=O. The van der Waals surface area contributed by atoms with E-state index in [9.17, 15) is 14.4 Å². The van der Waals surface area contributed by atoms with Gasteiger partial charge in [-0.3, -0.25) is 19.3 Å². The average molecular weight is 515 g/mol. The van der Waals surface area contributed by atoms with Gasteiger partial charge in [-0.1, -0.05) is 42.5 Å². The van der Waals surface area contributed by atoms with Gasteiger partial charge in [-0.15, -0.1) is 11.3 Å². The second kappa shape index (κ2) is 10.2. The van der Waals surface area contributed by atoms with E-state index in [2.05, 4.69) is 4.98 Å². The molecule has 0 bridgehead atoms. The van der Waals surface area contributed by atoms with Crippen molar-refractivity contribution in [2.24, 2.45) is 0 Å². The van der Waals surface area contributed by atoms with Crippen molar-refractivity contribution < 1.29 is 28.6 Å². The Bertz CT molecular complexity index is 1440. The number of ketones is 1. The van der Waals surface area contributed by atoms with Crippen molar-refractivity contribution in [3.05, 3.63) is 94.5 Å². The van der Waals surface area contributed by atoms with E-state index in [-0.39, 0.29) is 48.0 Å². The molecule has 0 unspecified atom stereocenters. The van der Waals surface area contributed by atoms with Crippen LogP contribution in [0.1, 0.15) is 36.8 Å². The zero-order valence-corrected chi connectivity index (χ0v) is 20.9. The topological polar surface area (TPSA) is 95.0 Å². The van der Waals surface area contributed by atoms with E-state index in [1.54, 1.807) is 41.8 Å². The van der Waals surface area contributed by atoms with E-state index in [1.807, 2.05) is 30.3 Å². The molecule has 37 heavy (non-hydrogen) atoms. The van der Waals surface area contributed by atoms with Crippen LogP contribution in [0, 0.1) is 0 Å². The van der Waals surface area contributed by atoms with Gasteiger partial charge in [0.15, 0.2) is 11.5 Å². The van der Waals surface area contributed by atoms with Crippen LogP contribution >= 0.6 is 11.3 Å². The highest BCUT2D eigenvalue weighted by atomic mass is 32.1. The summed E-state index contributed by atoms with van der Waals surface area (Å²) in [6.45, 7) is 0.0540. The highest BCUT2D eigenvalue weighted by Crippen LogP contribution is 2.39. The smallest absolute Gasteiger partial charge is 0.261 e. The summed E-state index contributed by atoms with van der Waals surface area (Å²) in [6.07, 6.45) is 0. The third-order valence-electron chi connectivity index (χ3n) is 5.92. The molecule has 0 N–H and O–H groups in total. The number of ether oxygens (including phenoxy) is 3. The number of hydrogen-bond acceptors (Lipinski definition) is 8. The molecule has 0 fully saturated rings. The van der Waals surface area contributed by atoms with E-state index in [4.69, 9.17) is 14.2 Å². The first-order chi connectivity index (χ1) is 18.0. The lowest BCUT2D eigenvalue weighted by atomic mass is 10.1. The molecule has 1 aromatic heterocycles. The molecule has 3 aromatic carbocycles. The third-order valence-corrected chi connectivity index (χ3v) is 6.81. The Morgan fingerprint density at radius 3 is 2.08 bits per heavy atom. The van der Waals surface area contributed by atoms with Crippen LogP contribution in [0.4, 0.5) is 0 Å². The lowest BCUT2D eigenvalue weighted by Gasteiger charge is -2.18. The number of rotatable bonds is 9. The molecule has 186 valence electrons. The number of fused-ring (bicyclic) bond motifs is 1. The Hall–Kier alpha value is -4.50. The normalized spacial score (nSPS) is 12.4. The van der Waals surface area contributed by atoms with Crippen molar-refractivity contribution >= 4 is 28.9 Å². The van der Waals surface area contributed by atoms with Crippen molar-refractivity contribution in [2.75, 3.05) is 27.4 Å². The van der Waals surface area contributed by atoms with Gasteiger partial charge in [0, 0.05) is 16.5 Å². The van der Waals surface area contributed by atoms with Crippen LogP contribution in [0.3, 0.4) is 0 Å². The number of imide groups is 1. The summed E-state index contributed by atoms with van der Waals surface area (Å²) in [7, 11) is 2.91. The second-order valence-electron chi connectivity index (χ2n) is 8.10. The molecule has 1 aliphatic heterocycles. The van der Waals surface area contributed by atoms with Crippen molar-refractivity contribution in [3.63, 3.8) is 0 Å². The number of benzene rings is 3. The molecule has 0 radical (unpaired) electrons. The van der Waals surface area contributed by atoms with Crippen LogP contribution < -0.4 is 14.2 Å². The summed E-state index contributed by atoms with van der Waals surface area (Å²) >= 11 is 1.39. The Balaban J connectivity index is 1.33. The van der Waals surface area contributed by atoms with Crippen LogP contribution in [0.5, 0.6) is 17.2 Å². The minimum absolute atomic E-state index is 0.0119. The fraction of sp³-hybridized carbons (Fsp3) is 0.143. The molecule has 1 aliphatic rings. The van der Waals surface area contributed by atoms with Gasteiger partial charge in [0.25, 0.3) is 11.8 Å². The largest absolute Gasteiger partial charge is 0.493 e. The number of amides is 2. The van der Waals surface area contributed by atoms with Crippen molar-refractivity contribution in [1.29, 1.82) is 0 Å². The van der Waals surface area contributed by atoms with Gasteiger partial charge in [0.05, 0.1) is 31.9 Å². The Kier molecular flexibility index (Phi) is 6.70. The maximum absolute atomic E-state index is 13.2. The summed E-state index contributed by atoms with van der Waals surface area (Å²) in [5.74, 6) is -0.175. The molecule has 4 aromatic rings. The van der Waals surface area contributed by atoms with Gasteiger partial charge in [0.2, 0.25) is 11.5 Å². The van der Waals surface area contributed by atoms with Gasteiger partial charge in [-0.25, -0.2) is 4.98 Å².